The molecule has 5 rings (SSSR count). The van der Waals surface area contributed by atoms with Gasteiger partial charge >= 0.3 is 0 Å². The average molecular weight is 454 g/mol. The Hall–Kier alpha value is -3.28. The number of nitrogens with zero attached hydrogens (tertiary/aromatic N) is 5. The van der Waals surface area contributed by atoms with Crippen molar-refractivity contribution in [2.24, 2.45) is 0 Å². The number of aromatic amines is 2. The highest BCUT2D eigenvalue weighted by Crippen LogP contribution is 2.19. The number of nitrogens with one attached hydrogen (secondary N) is 2. The van der Waals surface area contributed by atoms with Crippen LogP contribution >= 0.6 is 0 Å². The average Bonchev–Trinajstić information content (AvgIpc) is 3.44. The molecule has 1 aliphatic heterocycles. The summed E-state index contributed by atoms with van der Waals surface area (Å²) in [5.74, 6) is 1.24. The highest BCUT2D eigenvalue weighted by atomic mass is 32.2. The number of fused-ring (bicyclic) bond motifs is 1. The number of hydrogen-bond donors (Lipinski definition) is 2. The fraction of sp³-hybridized carbons (Fsp3) is 0.286. The summed E-state index contributed by atoms with van der Waals surface area (Å²) < 4.78 is 29.1. The summed E-state index contributed by atoms with van der Waals surface area (Å²) in [6, 6.07) is 10.5. The smallest absolute Gasteiger partial charge is 0.279 e. The van der Waals surface area contributed by atoms with E-state index in [1.165, 1.54) is 4.31 Å². The fourth-order valence-electron chi connectivity index (χ4n) is 3.84. The first kappa shape index (κ1) is 20.6. The number of likely N-dealkylation sites (N-methyl/N-ethyl adjacent to an activating group) is 1. The van der Waals surface area contributed by atoms with Crippen LogP contribution in [0, 0.1) is 0 Å². The third kappa shape index (κ3) is 3.74. The molecular weight excluding hydrogens is 430 g/mol. The van der Waals surface area contributed by atoms with Gasteiger partial charge in [0.1, 0.15) is 18.0 Å². The lowest BCUT2D eigenvalue weighted by Crippen LogP contribution is -2.46. The highest BCUT2D eigenvalue weighted by Gasteiger charge is 2.27. The first-order valence-electron chi connectivity index (χ1n) is 10.3. The lowest BCUT2D eigenvalue weighted by molar-refractivity contribution is 0.222. The lowest BCUT2D eigenvalue weighted by Gasteiger charge is -2.31. The molecule has 0 bridgehead atoms. The van der Waals surface area contributed by atoms with Crippen LogP contribution in [-0.2, 0) is 16.4 Å². The van der Waals surface area contributed by atoms with Gasteiger partial charge in [-0.1, -0.05) is 12.1 Å². The van der Waals surface area contributed by atoms with Gasteiger partial charge in [0, 0.05) is 38.8 Å². The van der Waals surface area contributed by atoms with Gasteiger partial charge in [0.05, 0.1) is 4.90 Å². The number of rotatable bonds is 5. The number of aromatic nitrogens is 5. The first-order chi connectivity index (χ1) is 15.4. The molecule has 11 heteroatoms. The minimum Gasteiger partial charge on any atom is -0.348 e. The predicted octanol–water partition coefficient (Wildman–Crippen LogP) is 0.964. The Morgan fingerprint density at radius 2 is 1.81 bits per heavy atom. The molecule has 0 atom stereocenters. The normalized spacial score (nSPS) is 16.0. The van der Waals surface area contributed by atoms with Crippen LogP contribution in [0.25, 0.3) is 17.0 Å². The van der Waals surface area contributed by atoms with Crippen LogP contribution in [0.4, 0.5) is 0 Å². The quantitative estimate of drug-likeness (QED) is 0.465. The molecule has 0 unspecified atom stereocenters. The second-order valence-corrected chi connectivity index (χ2v) is 9.82. The van der Waals surface area contributed by atoms with Gasteiger partial charge in [-0.3, -0.25) is 9.36 Å². The zero-order chi connectivity index (χ0) is 22.3. The second-order valence-electron chi connectivity index (χ2n) is 7.88. The Bertz CT molecular complexity index is 1400. The molecule has 1 fully saturated rings. The summed E-state index contributed by atoms with van der Waals surface area (Å²) in [4.78, 5) is 29.5. The zero-order valence-electron chi connectivity index (χ0n) is 17.5. The predicted molar refractivity (Wildman–Crippen MR) is 119 cm³/mol. The zero-order valence-corrected chi connectivity index (χ0v) is 18.3. The van der Waals surface area contributed by atoms with E-state index in [0.717, 1.165) is 24.5 Å². The van der Waals surface area contributed by atoms with Crippen LogP contribution in [0.2, 0.25) is 0 Å². The van der Waals surface area contributed by atoms with Gasteiger partial charge in [0.15, 0.2) is 11.2 Å². The number of benzene rings is 1. The number of hydrogen-bond acceptors (Lipinski definition) is 6. The molecular formula is C21H23N7O3S. The number of H-pyrrole nitrogens is 2. The van der Waals surface area contributed by atoms with Crippen molar-refractivity contribution in [1.29, 1.82) is 0 Å². The van der Waals surface area contributed by atoms with E-state index in [-0.39, 0.29) is 16.0 Å². The van der Waals surface area contributed by atoms with Crippen molar-refractivity contribution in [1.82, 2.24) is 33.7 Å². The minimum absolute atomic E-state index is 0.261. The molecule has 3 aromatic heterocycles. The molecule has 0 saturated carbocycles. The number of piperazine rings is 1. The van der Waals surface area contributed by atoms with Gasteiger partial charge in [-0.05, 0) is 36.9 Å². The van der Waals surface area contributed by atoms with Crippen molar-refractivity contribution in [3.63, 3.8) is 0 Å². The number of imidazole rings is 1. The molecule has 1 aliphatic rings. The Morgan fingerprint density at radius 1 is 1.06 bits per heavy atom. The Kier molecular flexibility index (Phi) is 5.16. The number of sulfonamides is 1. The van der Waals surface area contributed by atoms with E-state index in [2.05, 4.69) is 24.8 Å². The lowest BCUT2D eigenvalue weighted by atomic mass is 10.1. The molecule has 4 heterocycles. The van der Waals surface area contributed by atoms with E-state index < -0.39 is 10.0 Å². The molecule has 2 N–H and O–H groups in total. The van der Waals surface area contributed by atoms with Crippen molar-refractivity contribution in [3.8, 4) is 5.82 Å². The summed E-state index contributed by atoms with van der Waals surface area (Å²) in [5.41, 5.74) is 1.25. The molecule has 1 aromatic carbocycles. The molecule has 0 amide bonds. The summed E-state index contributed by atoms with van der Waals surface area (Å²) in [7, 11) is -1.53. The molecule has 1 saturated heterocycles. The van der Waals surface area contributed by atoms with Crippen molar-refractivity contribution in [2.75, 3.05) is 33.2 Å². The Morgan fingerprint density at radius 3 is 2.50 bits per heavy atom. The molecule has 32 heavy (non-hydrogen) atoms. The molecule has 166 valence electrons. The molecule has 0 spiro atoms. The SMILES string of the molecule is CN1CCN(S(=O)(=O)c2ccc(Cc3nc4c(ncn4-c4ccc[nH]4)c(=O)[nH]3)cc2)CC1. The van der Waals surface area contributed by atoms with Gasteiger partial charge in [0.2, 0.25) is 10.0 Å². The standard InChI is InChI=1S/C21H23N7O3S/c1-26-9-11-27(12-10-26)32(30,31)16-6-4-15(5-7-16)13-17-24-20-19(21(29)25-17)23-14-28(20)18-3-2-8-22-18/h2-8,14,22H,9-13H2,1H3,(H,24,25,29). The van der Waals surface area contributed by atoms with E-state index in [1.807, 2.05) is 19.2 Å². The first-order valence-corrected chi connectivity index (χ1v) is 11.7. The highest BCUT2D eigenvalue weighted by molar-refractivity contribution is 7.89. The maximum atomic E-state index is 12.9. The Labute approximate surface area is 184 Å². The van der Waals surface area contributed by atoms with Crippen LogP contribution in [0.3, 0.4) is 0 Å². The molecule has 0 aliphatic carbocycles. The summed E-state index contributed by atoms with van der Waals surface area (Å²) in [5, 5.41) is 0. The van der Waals surface area contributed by atoms with Crippen LogP contribution < -0.4 is 5.56 Å². The van der Waals surface area contributed by atoms with E-state index in [9.17, 15) is 13.2 Å². The summed E-state index contributed by atoms with van der Waals surface area (Å²) in [6.45, 7) is 2.41. The molecule has 10 nitrogen and oxygen atoms in total. The Balaban J connectivity index is 1.40. The van der Waals surface area contributed by atoms with E-state index in [0.29, 0.717) is 31.0 Å². The molecule has 0 radical (unpaired) electrons. The van der Waals surface area contributed by atoms with Crippen LogP contribution in [0.1, 0.15) is 11.4 Å². The van der Waals surface area contributed by atoms with Crippen molar-refractivity contribution < 1.29 is 8.42 Å². The van der Waals surface area contributed by atoms with Gasteiger partial charge in [0.25, 0.3) is 5.56 Å². The second kappa shape index (κ2) is 8.01. The maximum absolute atomic E-state index is 12.9. The van der Waals surface area contributed by atoms with E-state index in [4.69, 9.17) is 0 Å². The van der Waals surface area contributed by atoms with Crippen molar-refractivity contribution >= 4 is 21.2 Å². The van der Waals surface area contributed by atoms with Gasteiger partial charge < -0.3 is 14.9 Å². The molecule has 4 aromatic rings. The fourth-order valence-corrected chi connectivity index (χ4v) is 5.26. The third-order valence-electron chi connectivity index (χ3n) is 5.69. The van der Waals surface area contributed by atoms with Crippen LogP contribution in [0.5, 0.6) is 0 Å². The largest absolute Gasteiger partial charge is 0.348 e. The minimum atomic E-state index is -3.52. The third-order valence-corrected chi connectivity index (χ3v) is 7.60. The maximum Gasteiger partial charge on any atom is 0.279 e. The van der Waals surface area contributed by atoms with Crippen LogP contribution in [-0.4, -0.2) is 75.4 Å². The van der Waals surface area contributed by atoms with Crippen molar-refractivity contribution in [2.45, 2.75) is 11.3 Å². The van der Waals surface area contributed by atoms with Gasteiger partial charge in [-0.15, -0.1) is 0 Å². The van der Waals surface area contributed by atoms with E-state index >= 15 is 0 Å². The van der Waals surface area contributed by atoms with Crippen molar-refractivity contribution in [3.05, 3.63) is 70.7 Å². The van der Waals surface area contributed by atoms with E-state index in [1.54, 1.807) is 41.4 Å². The van der Waals surface area contributed by atoms with Crippen LogP contribution in [0.15, 0.2) is 58.6 Å². The topological polar surface area (TPSA) is 120 Å². The monoisotopic (exact) mass is 453 g/mol. The van der Waals surface area contributed by atoms with Gasteiger partial charge in [-0.2, -0.15) is 4.31 Å². The van der Waals surface area contributed by atoms with Gasteiger partial charge in [-0.25, -0.2) is 18.4 Å². The summed E-state index contributed by atoms with van der Waals surface area (Å²) in [6.07, 6.45) is 3.70. The summed E-state index contributed by atoms with van der Waals surface area (Å²) >= 11 is 0.